The second-order valence-corrected chi connectivity index (χ2v) is 4.52. The monoisotopic (exact) mass is 230 g/mol. The van der Waals surface area contributed by atoms with Crippen molar-refractivity contribution in [2.75, 3.05) is 0 Å². The van der Waals surface area contributed by atoms with Gasteiger partial charge in [0.05, 0.1) is 0 Å². The molecule has 0 spiro atoms. The normalized spacial score (nSPS) is 12.4. The molecule has 0 radical (unpaired) electrons. The quantitative estimate of drug-likeness (QED) is 0.718. The second-order valence-electron chi connectivity index (χ2n) is 4.11. The molecule has 0 heterocycles. The van der Waals surface area contributed by atoms with Gasteiger partial charge in [0.2, 0.25) is 0 Å². The first-order chi connectivity index (χ1) is 7.77. The van der Waals surface area contributed by atoms with Crippen molar-refractivity contribution < 1.29 is 0 Å². The minimum atomic E-state index is 0.455. The minimum Gasteiger partial charge on any atom is -0.0840 e. The van der Waals surface area contributed by atoms with E-state index in [-0.39, 0.29) is 0 Å². The first-order valence-electron chi connectivity index (χ1n) is 5.55. The van der Waals surface area contributed by atoms with Crippen molar-refractivity contribution in [3.05, 3.63) is 70.7 Å². The van der Waals surface area contributed by atoms with Gasteiger partial charge in [-0.25, -0.2) is 0 Å². The minimum absolute atomic E-state index is 0.455. The van der Waals surface area contributed by atoms with E-state index >= 15 is 0 Å². The standard InChI is InChI=1S/C15H15Cl/c1-12(11-13-7-3-2-4-8-13)14-9-5-6-10-15(14)16/h2-10,12H,11H2,1H3. The van der Waals surface area contributed by atoms with E-state index < -0.39 is 0 Å². The third-order valence-corrected chi connectivity index (χ3v) is 3.17. The van der Waals surface area contributed by atoms with Gasteiger partial charge in [0.15, 0.2) is 0 Å². The Bertz CT molecular complexity index is 448. The summed E-state index contributed by atoms with van der Waals surface area (Å²) < 4.78 is 0. The Morgan fingerprint density at radius 3 is 2.25 bits per heavy atom. The molecule has 0 N–H and O–H groups in total. The molecule has 16 heavy (non-hydrogen) atoms. The fraction of sp³-hybridized carbons (Fsp3) is 0.200. The van der Waals surface area contributed by atoms with E-state index in [1.54, 1.807) is 0 Å². The lowest BCUT2D eigenvalue weighted by Crippen LogP contribution is -1.98. The summed E-state index contributed by atoms with van der Waals surface area (Å²) in [5, 5.41) is 0.867. The van der Waals surface area contributed by atoms with Gasteiger partial charge in [0.25, 0.3) is 0 Å². The van der Waals surface area contributed by atoms with Gasteiger partial charge in [-0.05, 0) is 29.5 Å². The molecule has 0 aliphatic heterocycles. The average Bonchev–Trinajstić information content (AvgIpc) is 2.31. The zero-order chi connectivity index (χ0) is 11.4. The lowest BCUT2D eigenvalue weighted by atomic mass is 9.94. The Labute approximate surface area is 102 Å². The van der Waals surface area contributed by atoms with Crippen LogP contribution < -0.4 is 0 Å². The highest BCUT2D eigenvalue weighted by Gasteiger charge is 2.09. The molecular weight excluding hydrogens is 216 g/mol. The number of hydrogen-bond acceptors (Lipinski definition) is 0. The summed E-state index contributed by atoms with van der Waals surface area (Å²) in [4.78, 5) is 0. The molecule has 0 bridgehead atoms. The smallest absolute Gasteiger partial charge is 0.0440 e. The van der Waals surface area contributed by atoms with Crippen LogP contribution in [0, 0.1) is 0 Å². The number of halogens is 1. The van der Waals surface area contributed by atoms with E-state index in [0.29, 0.717) is 5.92 Å². The largest absolute Gasteiger partial charge is 0.0840 e. The van der Waals surface area contributed by atoms with Crippen LogP contribution in [0.3, 0.4) is 0 Å². The Hall–Kier alpha value is -1.27. The highest BCUT2D eigenvalue weighted by atomic mass is 35.5. The van der Waals surface area contributed by atoms with Crippen LogP contribution in [0.25, 0.3) is 0 Å². The lowest BCUT2D eigenvalue weighted by molar-refractivity contribution is 0.759. The molecule has 0 fully saturated rings. The van der Waals surface area contributed by atoms with Crippen molar-refractivity contribution >= 4 is 11.6 Å². The Balaban J connectivity index is 2.15. The van der Waals surface area contributed by atoms with Crippen molar-refractivity contribution in [3.8, 4) is 0 Å². The van der Waals surface area contributed by atoms with Crippen LogP contribution in [0.15, 0.2) is 54.6 Å². The third-order valence-electron chi connectivity index (χ3n) is 2.82. The van der Waals surface area contributed by atoms with Gasteiger partial charge in [-0.2, -0.15) is 0 Å². The summed E-state index contributed by atoms with van der Waals surface area (Å²) in [6.07, 6.45) is 1.03. The van der Waals surface area contributed by atoms with Gasteiger partial charge in [-0.3, -0.25) is 0 Å². The third kappa shape index (κ3) is 2.65. The van der Waals surface area contributed by atoms with E-state index in [1.807, 2.05) is 24.3 Å². The molecule has 0 aliphatic rings. The van der Waals surface area contributed by atoms with Gasteiger partial charge in [0, 0.05) is 5.02 Å². The molecule has 82 valence electrons. The van der Waals surface area contributed by atoms with Gasteiger partial charge in [-0.15, -0.1) is 0 Å². The number of benzene rings is 2. The Morgan fingerprint density at radius 2 is 1.56 bits per heavy atom. The molecule has 0 amide bonds. The van der Waals surface area contributed by atoms with Crippen LogP contribution in [-0.2, 0) is 6.42 Å². The fourth-order valence-corrected chi connectivity index (χ4v) is 2.27. The van der Waals surface area contributed by atoms with E-state index in [2.05, 4.69) is 37.3 Å². The second kappa shape index (κ2) is 5.18. The summed E-state index contributed by atoms with van der Waals surface area (Å²) in [5.74, 6) is 0.455. The molecule has 2 aromatic carbocycles. The van der Waals surface area contributed by atoms with Crippen molar-refractivity contribution in [2.24, 2.45) is 0 Å². The van der Waals surface area contributed by atoms with Crippen LogP contribution in [0.4, 0.5) is 0 Å². The van der Waals surface area contributed by atoms with Gasteiger partial charge >= 0.3 is 0 Å². The van der Waals surface area contributed by atoms with Crippen LogP contribution in [0.2, 0.25) is 5.02 Å². The predicted octanol–water partition coefficient (Wildman–Crippen LogP) is 4.69. The van der Waals surface area contributed by atoms with E-state index in [9.17, 15) is 0 Å². The van der Waals surface area contributed by atoms with Crippen LogP contribution in [0.5, 0.6) is 0 Å². The molecular formula is C15H15Cl. The summed E-state index contributed by atoms with van der Waals surface area (Å²) in [6.45, 7) is 2.22. The Morgan fingerprint density at radius 1 is 0.938 bits per heavy atom. The molecule has 0 saturated heterocycles. The number of hydrogen-bond donors (Lipinski definition) is 0. The van der Waals surface area contributed by atoms with Crippen molar-refractivity contribution in [1.82, 2.24) is 0 Å². The highest BCUT2D eigenvalue weighted by molar-refractivity contribution is 6.31. The molecule has 0 aromatic heterocycles. The summed E-state index contributed by atoms with van der Waals surface area (Å²) in [6, 6.07) is 18.6. The van der Waals surface area contributed by atoms with Crippen LogP contribution >= 0.6 is 11.6 Å². The summed E-state index contributed by atoms with van der Waals surface area (Å²) >= 11 is 6.19. The molecule has 1 unspecified atom stereocenters. The molecule has 1 atom stereocenters. The fourth-order valence-electron chi connectivity index (χ4n) is 1.95. The zero-order valence-electron chi connectivity index (χ0n) is 9.36. The molecule has 0 aliphatic carbocycles. The summed E-state index contributed by atoms with van der Waals surface area (Å²) in [7, 11) is 0. The maximum atomic E-state index is 6.19. The van der Waals surface area contributed by atoms with Crippen molar-refractivity contribution in [1.29, 1.82) is 0 Å². The van der Waals surface area contributed by atoms with Crippen molar-refractivity contribution in [2.45, 2.75) is 19.3 Å². The highest BCUT2D eigenvalue weighted by Crippen LogP contribution is 2.26. The first-order valence-corrected chi connectivity index (χ1v) is 5.93. The maximum Gasteiger partial charge on any atom is 0.0440 e. The van der Waals surface area contributed by atoms with E-state index in [4.69, 9.17) is 11.6 Å². The SMILES string of the molecule is CC(Cc1ccccc1)c1ccccc1Cl. The van der Waals surface area contributed by atoms with Crippen molar-refractivity contribution in [3.63, 3.8) is 0 Å². The molecule has 2 rings (SSSR count). The lowest BCUT2D eigenvalue weighted by Gasteiger charge is -2.13. The molecule has 2 aromatic rings. The average molecular weight is 231 g/mol. The van der Waals surface area contributed by atoms with Gasteiger partial charge in [-0.1, -0.05) is 67.1 Å². The summed E-state index contributed by atoms with van der Waals surface area (Å²) in [5.41, 5.74) is 2.59. The van der Waals surface area contributed by atoms with Gasteiger partial charge in [0.1, 0.15) is 0 Å². The molecule has 0 saturated carbocycles. The maximum absolute atomic E-state index is 6.19. The topological polar surface area (TPSA) is 0 Å². The van der Waals surface area contributed by atoms with E-state index in [1.165, 1.54) is 11.1 Å². The van der Waals surface area contributed by atoms with Crippen LogP contribution in [-0.4, -0.2) is 0 Å². The predicted molar refractivity (Wildman–Crippen MR) is 70.0 cm³/mol. The van der Waals surface area contributed by atoms with Crippen LogP contribution in [0.1, 0.15) is 24.0 Å². The molecule has 1 heteroatoms. The van der Waals surface area contributed by atoms with E-state index in [0.717, 1.165) is 11.4 Å². The first kappa shape index (κ1) is 11.2. The zero-order valence-corrected chi connectivity index (χ0v) is 10.1. The molecule has 0 nitrogen and oxygen atoms in total. The Kier molecular flexibility index (Phi) is 3.63. The number of rotatable bonds is 3. The van der Waals surface area contributed by atoms with Gasteiger partial charge < -0.3 is 0 Å².